The van der Waals surface area contributed by atoms with E-state index in [4.69, 9.17) is 10.5 Å². The monoisotopic (exact) mass is 512 g/mol. The molecule has 1 amide bonds. The highest BCUT2D eigenvalue weighted by molar-refractivity contribution is 7.92. The molecule has 0 fully saturated rings. The number of ether oxygens (including phenoxy) is 1. The SMILES string of the molecule is CCS(=O)(=O)Nc1ccc(-c2n[nH]c(Nc3cnccn3)c2C(N)=O)cc1OCc1ccc(F)cn1. The van der Waals surface area contributed by atoms with E-state index in [2.05, 4.69) is 35.2 Å². The van der Waals surface area contributed by atoms with Crippen LogP contribution in [0.4, 0.5) is 21.7 Å². The maximum absolute atomic E-state index is 13.2. The van der Waals surface area contributed by atoms with Crippen LogP contribution in [0.5, 0.6) is 5.75 Å². The van der Waals surface area contributed by atoms with E-state index >= 15 is 0 Å². The van der Waals surface area contributed by atoms with Gasteiger partial charge in [-0.3, -0.25) is 24.6 Å². The van der Waals surface area contributed by atoms with Gasteiger partial charge in [0.1, 0.15) is 41.1 Å². The summed E-state index contributed by atoms with van der Waals surface area (Å²) in [6, 6.07) is 7.22. The summed E-state index contributed by atoms with van der Waals surface area (Å²) in [4.78, 5) is 24.3. The second-order valence-electron chi connectivity index (χ2n) is 7.37. The molecule has 4 aromatic rings. The molecule has 3 heterocycles. The number of aromatic amines is 1. The molecule has 0 spiro atoms. The number of carbonyl (C=O) groups is 1. The van der Waals surface area contributed by atoms with Gasteiger partial charge >= 0.3 is 0 Å². The van der Waals surface area contributed by atoms with Gasteiger partial charge in [-0.15, -0.1) is 0 Å². The van der Waals surface area contributed by atoms with Gasteiger partial charge in [-0.2, -0.15) is 5.10 Å². The number of primary amides is 1. The van der Waals surface area contributed by atoms with Crippen molar-refractivity contribution in [3.8, 4) is 17.0 Å². The lowest BCUT2D eigenvalue weighted by Crippen LogP contribution is -2.16. The van der Waals surface area contributed by atoms with E-state index in [1.54, 1.807) is 6.07 Å². The van der Waals surface area contributed by atoms with Crippen LogP contribution in [0, 0.1) is 5.82 Å². The number of nitrogens with one attached hydrogen (secondary N) is 3. The fourth-order valence-corrected chi connectivity index (χ4v) is 3.78. The lowest BCUT2D eigenvalue weighted by Gasteiger charge is -2.14. The van der Waals surface area contributed by atoms with E-state index in [1.165, 1.54) is 49.8 Å². The number of H-pyrrole nitrogens is 1. The van der Waals surface area contributed by atoms with Gasteiger partial charge in [-0.1, -0.05) is 6.07 Å². The highest BCUT2D eigenvalue weighted by Gasteiger charge is 2.22. The number of benzene rings is 1. The molecule has 12 nitrogen and oxygen atoms in total. The minimum Gasteiger partial charge on any atom is -0.485 e. The number of anilines is 3. The highest BCUT2D eigenvalue weighted by atomic mass is 32.2. The van der Waals surface area contributed by atoms with Crippen molar-refractivity contribution >= 4 is 33.3 Å². The van der Waals surface area contributed by atoms with Crippen molar-refractivity contribution in [2.24, 2.45) is 5.73 Å². The lowest BCUT2D eigenvalue weighted by molar-refractivity contribution is 0.100. The number of hydrogen-bond donors (Lipinski definition) is 4. The maximum Gasteiger partial charge on any atom is 0.254 e. The van der Waals surface area contributed by atoms with E-state index in [0.29, 0.717) is 17.1 Å². The Morgan fingerprint density at radius 2 is 2.00 bits per heavy atom. The molecule has 36 heavy (non-hydrogen) atoms. The van der Waals surface area contributed by atoms with E-state index in [-0.39, 0.29) is 40.9 Å². The van der Waals surface area contributed by atoms with Crippen LogP contribution < -0.4 is 20.5 Å². The molecule has 14 heteroatoms. The Bertz CT molecular complexity index is 1480. The van der Waals surface area contributed by atoms with Crippen molar-refractivity contribution in [1.29, 1.82) is 0 Å². The first kappa shape index (κ1) is 24.5. The number of rotatable bonds is 10. The molecule has 0 unspecified atom stereocenters. The number of sulfonamides is 1. The van der Waals surface area contributed by atoms with Crippen LogP contribution in [0.3, 0.4) is 0 Å². The summed E-state index contributed by atoms with van der Waals surface area (Å²) in [6.45, 7) is 1.42. The summed E-state index contributed by atoms with van der Waals surface area (Å²) in [6.07, 6.45) is 5.47. The maximum atomic E-state index is 13.2. The van der Waals surface area contributed by atoms with Crippen molar-refractivity contribution < 1.29 is 22.3 Å². The quantitative estimate of drug-likeness (QED) is 0.248. The topological polar surface area (TPSA) is 178 Å². The van der Waals surface area contributed by atoms with Gasteiger partial charge in [0.15, 0.2) is 0 Å². The molecule has 186 valence electrons. The van der Waals surface area contributed by atoms with Crippen LogP contribution in [-0.2, 0) is 16.6 Å². The predicted octanol–water partition coefficient (Wildman–Crippen LogP) is 2.58. The van der Waals surface area contributed by atoms with Crippen molar-refractivity contribution in [3.05, 3.63) is 72.2 Å². The molecule has 0 saturated carbocycles. The van der Waals surface area contributed by atoms with Crippen molar-refractivity contribution in [2.45, 2.75) is 13.5 Å². The number of nitrogens with zero attached hydrogens (tertiary/aromatic N) is 4. The molecule has 0 aliphatic carbocycles. The molecule has 5 N–H and O–H groups in total. The summed E-state index contributed by atoms with van der Waals surface area (Å²) in [7, 11) is -3.63. The lowest BCUT2D eigenvalue weighted by atomic mass is 10.1. The third-order valence-corrected chi connectivity index (χ3v) is 6.18. The third-order valence-electron chi connectivity index (χ3n) is 4.89. The van der Waals surface area contributed by atoms with Crippen LogP contribution in [0.1, 0.15) is 23.0 Å². The van der Waals surface area contributed by atoms with Gasteiger partial charge in [-0.05, 0) is 31.2 Å². The molecule has 0 radical (unpaired) electrons. The zero-order valence-corrected chi connectivity index (χ0v) is 19.7. The van der Waals surface area contributed by atoms with Crippen LogP contribution >= 0.6 is 0 Å². The molecule has 3 aromatic heterocycles. The average molecular weight is 513 g/mol. The number of pyridine rings is 1. The summed E-state index contributed by atoms with van der Waals surface area (Å²) in [5.41, 5.74) is 6.87. The van der Waals surface area contributed by atoms with Crippen LogP contribution in [-0.4, -0.2) is 45.2 Å². The molecule has 0 aliphatic heterocycles. The van der Waals surface area contributed by atoms with Crippen molar-refractivity contribution in [1.82, 2.24) is 25.1 Å². The van der Waals surface area contributed by atoms with Crippen LogP contribution in [0.2, 0.25) is 0 Å². The Morgan fingerprint density at radius 1 is 1.17 bits per heavy atom. The summed E-state index contributed by atoms with van der Waals surface area (Å²) in [5.74, 6) is -0.727. The second-order valence-corrected chi connectivity index (χ2v) is 9.39. The Balaban J connectivity index is 1.71. The van der Waals surface area contributed by atoms with E-state index in [0.717, 1.165) is 6.20 Å². The summed E-state index contributed by atoms with van der Waals surface area (Å²) in [5, 5.41) is 9.83. The molecule has 1 aromatic carbocycles. The Labute approximate surface area is 205 Å². The molecule has 0 atom stereocenters. The molecule has 0 bridgehead atoms. The standard InChI is InChI=1S/C22H21FN8O4S/c1-2-36(33,34)31-16-6-3-13(9-17(16)35-12-15-5-4-14(23)10-27-15)20-19(21(24)32)22(30-29-20)28-18-11-25-7-8-26-18/h3-11,31H,2,12H2,1H3,(H2,24,32)(H2,26,28,29,30). The van der Waals surface area contributed by atoms with Gasteiger partial charge in [0, 0.05) is 18.0 Å². The summed E-state index contributed by atoms with van der Waals surface area (Å²) >= 11 is 0. The summed E-state index contributed by atoms with van der Waals surface area (Å²) < 4.78 is 45.8. The van der Waals surface area contributed by atoms with Crippen LogP contribution in [0.25, 0.3) is 11.3 Å². The number of aromatic nitrogens is 5. The van der Waals surface area contributed by atoms with Gasteiger partial charge in [-0.25, -0.2) is 17.8 Å². The van der Waals surface area contributed by atoms with E-state index in [9.17, 15) is 17.6 Å². The Morgan fingerprint density at radius 3 is 2.67 bits per heavy atom. The van der Waals surface area contributed by atoms with Crippen molar-refractivity contribution in [2.75, 3.05) is 15.8 Å². The molecule has 4 rings (SSSR count). The zero-order valence-electron chi connectivity index (χ0n) is 18.9. The van der Waals surface area contributed by atoms with Gasteiger partial charge < -0.3 is 15.8 Å². The molecular weight excluding hydrogens is 491 g/mol. The van der Waals surface area contributed by atoms with Gasteiger partial charge in [0.05, 0.1) is 29.5 Å². The minimum absolute atomic E-state index is 0.0497. The average Bonchev–Trinajstić information content (AvgIpc) is 3.28. The Hall–Kier alpha value is -4.59. The first-order valence-electron chi connectivity index (χ1n) is 10.5. The molecule has 0 aliphatic rings. The first-order valence-corrected chi connectivity index (χ1v) is 12.2. The largest absolute Gasteiger partial charge is 0.485 e. The van der Waals surface area contributed by atoms with Crippen molar-refractivity contribution in [3.63, 3.8) is 0 Å². The number of hydrogen-bond acceptors (Lipinski definition) is 9. The number of carbonyl (C=O) groups excluding carboxylic acids is 1. The minimum atomic E-state index is -3.63. The highest BCUT2D eigenvalue weighted by Crippen LogP contribution is 2.35. The fraction of sp³-hybridized carbons (Fsp3) is 0.136. The Kier molecular flexibility index (Phi) is 7.05. The van der Waals surface area contributed by atoms with Gasteiger partial charge in [0.25, 0.3) is 5.91 Å². The fourth-order valence-electron chi connectivity index (χ4n) is 3.13. The number of halogens is 1. The second kappa shape index (κ2) is 10.4. The normalized spacial score (nSPS) is 11.2. The molecular formula is C22H21FN8O4S. The molecule has 0 saturated heterocycles. The zero-order chi connectivity index (χ0) is 25.7. The first-order chi connectivity index (χ1) is 17.3. The van der Waals surface area contributed by atoms with E-state index in [1.807, 2.05) is 0 Å². The predicted molar refractivity (Wildman–Crippen MR) is 129 cm³/mol. The van der Waals surface area contributed by atoms with E-state index < -0.39 is 21.7 Å². The van der Waals surface area contributed by atoms with Gasteiger partial charge in [0.2, 0.25) is 10.0 Å². The smallest absolute Gasteiger partial charge is 0.254 e. The number of nitrogens with two attached hydrogens (primary N) is 1. The number of amides is 1. The van der Waals surface area contributed by atoms with Crippen LogP contribution in [0.15, 0.2) is 55.1 Å². The third kappa shape index (κ3) is 5.72.